The fourth-order valence-electron chi connectivity index (χ4n) is 2.35. The van der Waals surface area contributed by atoms with Gasteiger partial charge >= 0.3 is 0 Å². The molecule has 1 atom stereocenters. The van der Waals surface area contributed by atoms with Gasteiger partial charge in [0.1, 0.15) is 0 Å². The lowest BCUT2D eigenvalue weighted by Gasteiger charge is -2.22. The predicted molar refractivity (Wildman–Crippen MR) is 60.8 cm³/mol. The summed E-state index contributed by atoms with van der Waals surface area (Å²) in [7, 11) is 0.0933. The second-order valence-corrected chi connectivity index (χ2v) is 5.95. The Morgan fingerprint density at radius 3 is 2.69 bits per heavy atom. The van der Waals surface area contributed by atoms with Gasteiger partial charge in [-0.25, -0.2) is 0 Å². The Morgan fingerprint density at radius 1 is 1.31 bits per heavy atom. The number of nitrogens with one attached hydrogen (secondary N) is 1. The lowest BCUT2D eigenvalue weighted by molar-refractivity contribution is 0.367. The zero-order chi connectivity index (χ0) is 9.10. The molecule has 2 aliphatic rings. The standard InChI is InChI=1S/C10H20N2S/c11-13-7-6-12-10(13)8-9-4-2-1-3-5-9/h9,12H,1-8,11H2. The second-order valence-electron chi connectivity index (χ2n) is 4.19. The Bertz CT molecular complexity index is 207. The number of hydrogen-bond donors (Lipinski definition) is 2. The van der Waals surface area contributed by atoms with Gasteiger partial charge in [0.2, 0.25) is 0 Å². The van der Waals surface area contributed by atoms with Gasteiger partial charge in [-0.2, -0.15) is 0 Å². The van der Waals surface area contributed by atoms with Crippen molar-refractivity contribution < 1.29 is 0 Å². The number of nitrogens with two attached hydrogens (primary N) is 1. The first-order chi connectivity index (χ1) is 6.36. The first kappa shape index (κ1) is 9.69. The minimum absolute atomic E-state index is 0.0933. The van der Waals surface area contributed by atoms with Crippen LogP contribution in [0.3, 0.4) is 0 Å². The van der Waals surface area contributed by atoms with E-state index in [2.05, 4.69) is 5.32 Å². The number of hydrogen-bond acceptors (Lipinski definition) is 2. The Labute approximate surface area is 83.3 Å². The Hall–Kier alpha value is 0.140. The summed E-state index contributed by atoms with van der Waals surface area (Å²) in [5.41, 5.74) is 0. The SMILES string of the molecule is NS1=C(CC2CCCCC2)NCC1. The molecule has 0 spiro atoms. The summed E-state index contributed by atoms with van der Waals surface area (Å²) >= 11 is 0. The molecule has 0 saturated heterocycles. The fourth-order valence-corrected chi connectivity index (χ4v) is 3.65. The molecule has 13 heavy (non-hydrogen) atoms. The Kier molecular flexibility index (Phi) is 3.41. The van der Waals surface area contributed by atoms with Crippen LogP contribution < -0.4 is 10.5 Å². The normalized spacial score (nSPS) is 31.2. The van der Waals surface area contributed by atoms with Gasteiger partial charge in [-0.1, -0.05) is 32.1 Å². The first-order valence-corrected chi connectivity index (χ1v) is 6.87. The highest BCUT2D eigenvalue weighted by atomic mass is 32.2. The molecule has 1 fully saturated rings. The van der Waals surface area contributed by atoms with Crippen LogP contribution in [-0.4, -0.2) is 17.3 Å². The van der Waals surface area contributed by atoms with Crippen LogP contribution in [0.2, 0.25) is 0 Å². The molecule has 0 amide bonds. The summed E-state index contributed by atoms with van der Waals surface area (Å²) in [6, 6.07) is 0. The Morgan fingerprint density at radius 2 is 2.08 bits per heavy atom. The van der Waals surface area contributed by atoms with Crippen molar-refractivity contribution in [2.45, 2.75) is 38.5 Å². The molecule has 0 radical (unpaired) electrons. The molecule has 2 rings (SSSR count). The molecule has 1 unspecified atom stereocenters. The van der Waals surface area contributed by atoms with Crippen molar-refractivity contribution in [1.29, 1.82) is 0 Å². The zero-order valence-electron chi connectivity index (χ0n) is 8.22. The average molecular weight is 200 g/mol. The van der Waals surface area contributed by atoms with E-state index < -0.39 is 0 Å². The third-order valence-corrected chi connectivity index (χ3v) is 4.75. The maximum absolute atomic E-state index is 6.02. The quantitative estimate of drug-likeness (QED) is 0.667. The van der Waals surface area contributed by atoms with Crippen LogP contribution in [0.5, 0.6) is 0 Å². The molecule has 2 nitrogen and oxygen atoms in total. The van der Waals surface area contributed by atoms with Crippen LogP contribution in [0.25, 0.3) is 0 Å². The smallest absolute Gasteiger partial charge is 0.0294 e. The van der Waals surface area contributed by atoms with Crippen LogP contribution >= 0.6 is 10.7 Å². The van der Waals surface area contributed by atoms with Crippen molar-refractivity contribution in [3.63, 3.8) is 0 Å². The minimum atomic E-state index is 0.0933. The maximum Gasteiger partial charge on any atom is 0.0294 e. The summed E-state index contributed by atoms with van der Waals surface area (Å²) < 4.78 is 0. The monoisotopic (exact) mass is 200 g/mol. The largest absolute Gasteiger partial charge is 0.286 e. The molecular weight excluding hydrogens is 180 g/mol. The molecule has 1 heterocycles. The molecule has 1 aliphatic carbocycles. The van der Waals surface area contributed by atoms with Gasteiger partial charge in [0.05, 0.1) is 0 Å². The zero-order valence-corrected chi connectivity index (χ0v) is 9.04. The van der Waals surface area contributed by atoms with E-state index in [-0.39, 0.29) is 10.7 Å². The highest BCUT2D eigenvalue weighted by Crippen LogP contribution is 2.28. The van der Waals surface area contributed by atoms with Crippen LogP contribution in [0.1, 0.15) is 38.5 Å². The lowest BCUT2D eigenvalue weighted by atomic mass is 9.87. The van der Waals surface area contributed by atoms with Crippen molar-refractivity contribution in [3.8, 4) is 0 Å². The fraction of sp³-hybridized carbons (Fsp3) is 0.900. The summed E-state index contributed by atoms with van der Waals surface area (Å²) in [6.45, 7) is 1.11. The van der Waals surface area contributed by atoms with Gasteiger partial charge in [-0.15, -0.1) is 10.7 Å². The van der Waals surface area contributed by atoms with Gasteiger partial charge in [0.15, 0.2) is 0 Å². The van der Waals surface area contributed by atoms with E-state index in [1.54, 1.807) is 0 Å². The molecule has 0 aromatic rings. The predicted octanol–water partition coefficient (Wildman–Crippen LogP) is 1.83. The molecule has 76 valence electrons. The third kappa shape index (κ3) is 2.55. The second kappa shape index (κ2) is 4.58. The van der Waals surface area contributed by atoms with E-state index >= 15 is 0 Å². The summed E-state index contributed by atoms with van der Waals surface area (Å²) in [5, 5.41) is 9.48. The average Bonchev–Trinajstić information content (AvgIpc) is 2.54. The third-order valence-electron chi connectivity index (χ3n) is 3.16. The molecule has 3 heteroatoms. The Balaban J connectivity index is 1.85. The van der Waals surface area contributed by atoms with Gasteiger partial charge in [0, 0.05) is 17.3 Å². The number of rotatable bonds is 2. The van der Waals surface area contributed by atoms with Crippen LogP contribution in [0, 0.1) is 5.92 Å². The van der Waals surface area contributed by atoms with E-state index in [1.165, 1.54) is 49.3 Å². The van der Waals surface area contributed by atoms with Crippen LogP contribution in [-0.2, 0) is 0 Å². The minimum Gasteiger partial charge on any atom is -0.286 e. The molecule has 1 aliphatic heterocycles. The molecule has 3 N–H and O–H groups in total. The van der Waals surface area contributed by atoms with Crippen molar-refractivity contribution >= 4 is 15.7 Å². The topological polar surface area (TPSA) is 38.0 Å². The van der Waals surface area contributed by atoms with Gasteiger partial charge in [-0.3, -0.25) is 10.5 Å². The van der Waals surface area contributed by atoms with Gasteiger partial charge in [0.25, 0.3) is 0 Å². The highest BCUT2D eigenvalue weighted by Gasteiger charge is 2.18. The summed E-state index contributed by atoms with van der Waals surface area (Å²) in [5.74, 6) is 2.11. The maximum atomic E-state index is 6.02. The molecule has 1 saturated carbocycles. The van der Waals surface area contributed by atoms with E-state index in [0.717, 1.165) is 12.5 Å². The summed E-state index contributed by atoms with van der Waals surface area (Å²) in [6.07, 6.45) is 8.46. The van der Waals surface area contributed by atoms with E-state index in [4.69, 9.17) is 5.14 Å². The molecular formula is C10H20N2S. The molecule has 0 bridgehead atoms. The van der Waals surface area contributed by atoms with Crippen molar-refractivity contribution in [2.24, 2.45) is 11.1 Å². The summed E-state index contributed by atoms with van der Waals surface area (Å²) in [4.78, 5) is 1.46. The van der Waals surface area contributed by atoms with Gasteiger partial charge in [-0.05, 0) is 12.3 Å². The molecule has 0 aromatic heterocycles. The van der Waals surface area contributed by atoms with Crippen LogP contribution in [0.15, 0.2) is 0 Å². The van der Waals surface area contributed by atoms with Crippen molar-refractivity contribution in [2.75, 3.05) is 12.3 Å². The van der Waals surface area contributed by atoms with E-state index in [0.29, 0.717) is 0 Å². The van der Waals surface area contributed by atoms with E-state index in [1.807, 2.05) is 0 Å². The molecule has 0 aromatic carbocycles. The van der Waals surface area contributed by atoms with Crippen LogP contribution in [0.4, 0.5) is 0 Å². The lowest BCUT2D eigenvalue weighted by Crippen LogP contribution is -2.23. The first-order valence-electron chi connectivity index (χ1n) is 5.41. The van der Waals surface area contributed by atoms with Crippen molar-refractivity contribution in [3.05, 3.63) is 0 Å². The van der Waals surface area contributed by atoms with Crippen molar-refractivity contribution in [1.82, 2.24) is 5.32 Å². The van der Waals surface area contributed by atoms with Gasteiger partial charge < -0.3 is 0 Å². The van der Waals surface area contributed by atoms with E-state index in [9.17, 15) is 0 Å². The highest BCUT2D eigenvalue weighted by molar-refractivity contribution is 8.14.